The fraction of sp³-hybridized carbons (Fsp3) is 0.571. The zero-order valence-electron chi connectivity index (χ0n) is 22.3. The Kier molecular flexibility index (Phi) is 6.83. The van der Waals surface area contributed by atoms with Crippen molar-refractivity contribution in [2.45, 2.75) is 56.5 Å². The predicted molar refractivity (Wildman–Crippen MR) is 142 cm³/mol. The minimum absolute atomic E-state index is 0.136. The lowest BCUT2D eigenvalue weighted by atomic mass is 9.50. The number of hydrogen-bond acceptors (Lipinski definition) is 7. The van der Waals surface area contributed by atoms with Gasteiger partial charge in [0.25, 0.3) is 5.91 Å². The lowest BCUT2D eigenvalue weighted by molar-refractivity contribution is -0.0450. The third-order valence-corrected chi connectivity index (χ3v) is 8.11. The molecule has 4 saturated carbocycles. The molecule has 0 aromatic carbocycles. The van der Waals surface area contributed by atoms with Crippen LogP contribution in [0.5, 0.6) is 5.88 Å². The highest BCUT2D eigenvalue weighted by Crippen LogP contribution is 2.57. The van der Waals surface area contributed by atoms with Crippen LogP contribution in [-0.4, -0.2) is 72.2 Å². The monoisotopic (exact) mass is 506 g/mol. The van der Waals surface area contributed by atoms with Gasteiger partial charge in [-0.3, -0.25) is 4.79 Å². The van der Waals surface area contributed by atoms with Crippen molar-refractivity contribution >= 4 is 17.8 Å². The number of aromatic nitrogens is 2. The molecule has 2 aromatic rings. The summed E-state index contributed by atoms with van der Waals surface area (Å²) in [6.45, 7) is 3.60. The van der Waals surface area contributed by atoms with Crippen LogP contribution >= 0.6 is 0 Å². The number of amides is 2. The van der Waals surface area contributed by atoms with Gasteiger partial charge < -0.3 is 25.2 Å². The molecule has 0 saturated heterocycles. The normalized spacial score (nSPS) is 27.7. The van der Waals surface area contributed by atoms with E-state index in [4.69, 9.17) is 4.74 Å². The Morgan fingerprint density at radius 2 is 1.62 bits per heavy atom. The van der Waals surface area contributed by atoms with Gasteiger partial charge in [0.05, 0.1) is 0 Å². The predicted octanol–water partition coefficient (Wildman–Crippen LogP) is 3.39. The van der Waals surface area contributed by atoms with E-state index in [0.717, 1.165) is 56.7 Å². The van der Waals surface area contributed by atoms with Gasteiger partial charge in [0, 0.05) is 43.0 Å². The van der Waals surface area contributed by atoms with Gasteiger partial charge in [-0.2, -0.15) is 4.98 Å². The molecule has 4 aliphatic carbocycles. The van der Waals surface area contributed by atoms with E-state index in [9.17, 15) is 9.59 Å². The summed E-state index contributed by atoms with van der Waals surface area (Å²) >= 11 is 0. The van der Waals surface area contributed by atoms with Crippen molar-refractivity contribution in [2.75, 3.05) is 39.1 Å². The molecule has 4 aliphatic rings. The number of carbonyl (C=O) groups is 2. The topological polar surface area (TPSA) is 99.7 Å². The smallest absolute Gasteiger partial charge is 0.391 e. The van der Waals surface area contributed by atoms with E-state index in [0.29, 0.717) is 24.0 Å². The van der Waals surface area contributed by atoms with E-state index in [1.54, 1.807) is 12.1 Å². The van der Waals surface area contributed by atoms with Crippen LogP contribution in [0.4, 0.5) is 10.6 Å². The molecule has 4 bridgehead atoms. The Hall–Kier alpha value is -3.20. The summed E-state index contributed by atoms with van der Waals surface area (Å²) in [4.78, 5) is 39.3. The Balaban J connectivity index is 1.26. The van der Waals surface area contributed by atoms with Crippen LogP contribution < -0.4 is 20.3 Å². The van der Waals surface area contributed by atoms with Gasteiger partial charge in [-0.05, 0) is 89.6 Å². The molecule has 2 atom stereocenters. The minimum atomic E-state index is -0.482. The van der Waals surface area contributed by atoms with Crippen molar-refractivity contribution in [2.24, 2.45) is 11.8 Å². The Bertz CT molecular complexity index is 1150. The number of carbonyl (C=O) groups excluding carboxylic acids is 2. The average Bonchev–Trinajstić information content (AvgIpc) is 2.81. The number of nitrogens with zero attached hydrogens (tertiary/aromatic N) is 4. The minimum Gasteiger partial charge on any atom is -0.391 e. The maximum atomic E-state index is 13.1. The molecule has 2 N–H and O–H groups in total. The first-order valence-corrected chi connectivity index (χ1v) is 13.2. The van der Waals surface area contributed by atoms with Crippen LogP contribution in [0.3, 0.4) is 0 Å². The number of pyridine rings is 2. The molecule has 0 spiro atoms. The van der Waals surface area contributed by atoms with Gasteiger partial charge in [-0.25, -0.2) is 9.78 Å². The zero-order valence-corrected chi connectivity index (χ0v) is 22.3. The maximum Gasteiger partial charge on any atom is 0.414 e. The largest absolute Gasteiger partial charge is 0.414 e. The molecule has 0 radical (unpaired) electrons. The summed E-state index contributed by atoms with van der Waals surface area (Å²) < 4.78 is 5.67. The van der Waals surface area contributed by atoms with E-state index in [-0.39, 0.29) is 22.9 Å². The zero-order chi connectivity index (χ0) is 26.2. The van der Waals surface area contributed by atoms with Crippen LogP contribution in [0.15, 0.2) is 36.4 Å². The second-order valence-corrected chi connectivity index (χ2v) is 11.7. The second-order valence-electron chi connectivity index (χ2n) is 11.7. The molecule has 198 valence electrons. The number of hydrogen-bond donors (Lipinski definition) is 2. The van der Waals surface area contributed by atoms with Crippen LogP contribution in [0.1, 0.15) is 54.7 Å². The van der Waals surface area contributed by atoms with Crippen molar-refractivity contribution in [1.82, 2.24) is 25.5 Å². The molecular weight excluding hydrogens is 468 g/mol. The lowest BCUT2D eigenvalue weighted by Gasteiger charge is -2.61. The lowest BCUT2D eigenvalue weighted by Crippen LogP contribution is -2.70. The van der Waals surface area contributed by atoms with Crippen LogP contribution in [0.25, 0.3) is 0 Å². The number of likely N-dealkylation sites (N-methyl/N-ethyl adjacent to an activating group) is 2. The Labute approximate surface area is 219 Å². The van der Waals surface area contributed by atoms with Crippen LogP contribution in [0.2, 0.25) is 0 Å². The highest BCUT2D eigenvalue weighted by Gasteiger charge is 2.59. The van der Waals surface area contributed by atoms with Crippen molar-refractivity contribution in [3.63, 3.8) is 0 Å². The van der Waals surface area contributed by atoms with Crippen molar-refractivity contribution < 1.29 is 14.3 Å². The fourth-order valence-corrected chi connectivity index (χ4v) is 7.00. The van der Waals surface area contributed by atoms with E-state index in [1.165, 1.54) is 0 Å². The average molecular weight is 507 g/mol. The highest BCUT2D eigenvalue weighted by atomic mass is 16.6. The summed E-state index contributed by atoms with van der Waals surface area (Å²) in [5.41, 5.74) is 0.557. The third-order valence-electron chi connectivity index (χ3n) is 8.11. The van der Waals surface area contributed by atoms with Crippen LogP contribution in [0, 0.1) is 18.8 Å². The van der Waals surface area contributed by atoms with Gasteiger partial charge in [-0.1, -0.05) is 12.1 Å². The molecule has 0 aliphatic heterocycles. The number of anilines is 1. The molecule has 2 heterocycles. The maximum absolute atomic E-state index is 13.1. The van der Waals surface area contributed by atoms with Crippen LogP contribution in [-0.2, 0) is 0 Å². The third kappa shape index (κ3) is 5.71. The number of ether oxygens (including phenoxy) is 1. The molecule has 6 rings (SSSR count). The van der Waals surface area contributed by atoms with Gasteiger partial charge >= 0.3 is 6.09 Å². The number of aryl methyl sites for hydroxylation is 1. The summed E-state index contributed by atoms with van der Waals surface area (Å²) in [6.07, 6.45) is 5.11. The second kappa shape index (κ2) is 9.93. The molecule has 9 nitrogen and oxygen atoms in total. The SMILES string of the molecule is Cc1cccc(C(=O)NC23CC4CC(CC(NC(=O)Oc5cccc(N(C)CCN(C)C)n5)(C4)C2)C3)n1. The van der Waals surface area contributed by atoms with Crippen molar-refractivity contribution in [3.8, 4) is 5.88 Å². The molecule has 2 unspecified atom stereocenters. The first kappa shape index (κ1) is 25.4. The summed E-state index contributed by atoms with van der Waals surface area (Å²) in [7, 11) is 6.04. The quantitative estimate of drug-likeness (QED) is 0.566. The molecule has 2 amide bonds. The molecular formula is C28H38N6O3. The van der Waals surface area contributed by atoms with Crippen molar-refractivity contribution in [1.29, 1.82) is 0 Å². The number of nitrogens with one attached hydrogen (secondary N) is 2. The van der Waals surface area contributed by atoms with E-state index in [1.807, 2.05) is 57.2 Å². The van der Waals surface area contributed by atoms with Gasteiger partial charge in [0.15, 0.2) is 0 Å². The van der Waals surface area contributed by atoms with E-state index in [2.05, 4.69) is 25.5 Å². The summed E-state index contributed by atoms with van der Waals surface area (Å²) in [6, 6.07) is 11.0. The standard InChI is InChI=1S/C28H38N6O3/c1-19-7-5-8-22(29-19)25(35)31-27-14-20-13-21(15-27)17-28(16-20,18-27)32-26(36)37-24-10-6-9-23(30-24)34(4)12-11-33(2)3/h5-10,20-21H,11-18H2,1-4H3,(H,31,35)(H,32,36). The van der Waals surface area contributed by atoms with Gasteiger partial charge in [0.1, 0.15) is 11.5 Å². The molecule has 2 aromatic heterocycles. The van der Waals surface area contributed by atoms with E-state index >= 15 is 0 Å². The molecule has 9 heteroatoms. The fourth-order valence-electron chi connectivity index (χ4n) is 7.00. The number of rotatable bonds is 8. The van der Waals surface area contributed by atoms with Gasteiger partial charge in [-0.15, -0.1) is 0 Å². The van der Waals surface area contributed by atoms with Gasteiger partial charge in [0.2, 0.25) is 5.88 Å². The molecule has 37 heavy (non-hydrogen) atoms. The summed E-state index contributed by atoms with van der Waals surface area (Å²) in [5.74, 6) is 1.85. The summed E-state index contributed by atoms with van der Waals surface area (Å²) in [5, 5.41) is 6.56. The highest BCUT2D eigenvalue weighted by molar-refractivity contribution is 5.92. The first-order valence-electron chi connectivity index (χ1n) is 13.2. The first-order chi connectivity index (χ1) is 17.6. The van der Waals surface area contributed by atoms with E-state index < -0.39 is 6.09 Å². The molecule has 4 fully saturated rings. The Morgan fingerprint density at radius 1 is 0.946 bits per heavy atom. The van der Waals surface area contributed by atoms with Crippen molar-refractivity contribution in [3.05, 3.63) is 47.8 Å². The Morgan fingerprint density at radius 3 is 2.30 bits per heavy atom.